The highest BCUT2D eigenvalue weighted by Crippen LogP contribution is 2.24. The SMILES string of the molecule is CCCC(=O)Nc1ccc(Oc2ccc(S(N)(=O)=O)cc2)cc1. The third-order valence-electron chi connectivity index (χ3n) is 3.00. The van der Waals surface area contributed by atoms with Crippen LogP contribution in [-0.4, -0.2) is 14.3 Å². The van der Waals surface area contributed by atoms with Crippen molar-refractivity contribution in [3.8, 4) is 11.5 Å². The molecule has 0 saturated heterocycles. The molecule has 0 unspecified atom stereocenters. The third kappa shape index (κ3) is 5.08. The molecule has 0 radical (unpaired) electrons. The molecule has 23 heavy (non-hydrogen) atoms. The molecule has 7 heteroatoms. The van der Waals surface area contributed by atoms with Gasteiger partial charge in [0, 0.05) is 12.1 Å². The first-order valence-corrected chi connectivity index (χ1v) is 8.64. The lowest BCUT2D eigenvalue weighted by atomic mass is 10.2. The summed E-state index contributed by atoms with van der Waals surface area (Å²) in [5.41, 5.74) is 0.695. The summed E-state index contributed by atoms with van der Waals surface area (Å²) in [6.07, 6.45) is 1.27. The van der Waals surface area contributed by atoms with Gasteiger partial charge >= 0.3 is 0 Å². The standard InChI is InChI=1S/C16H18N2O4S/c1-2-3-16(19)18-12-4-6-13(7-5-12)22-14-8-10-15(11-9-14)23(17,20)21/h4-11H,2-3H2,1H3,(H,18,19)(H2,17,20,21). The van der Waals surface area contributed by atoms with Crippen molar-refractivity contribution in [1.29, 1.82) is 0 Å². The summed E-state index contributed by atoms with van der Waals surface area (Å²) < 4.78 is 28.0. The molecule has 2 aromatic carbocycles. The summed E-state index contributed by atoms with van der Waals surface area (Å²) in [4.78, 5) is 11.5. The maximum absolute atomic E-state index is 11.5. The van der Waals surface area contributed by atoms with E-state index >= 15 is 0 Å². The van der Waals surface area contributed by atoms with E-state index in [1.54, 1.807) is 24.3 Å². The second-order valence-corrected chi connectivity index (χ2v) is 6.50. The number of hydrogen-bond donors (Lipinski definition) is 2. The minimum absolute atomic E-state index is 0.0267. The Morgan fingerprint density at radius 1 is 1.04 bits per heavy atom. The Kier molecular flexibility index (Phi) is 5.36. The van der Waals surface area contributed by atoms with E-state index in [2.05, 4.69) is 5.32 Å². The van der Waals surface area contributed by atoms with Crippen LogP contribution in [0.4, 0.5) is 5.69 Å². The molecule has 0 atom stereocenters. The molecule has 0 aliphatic rings. The van der Waals surface area contributed by atoms with Gasteiger partial charge in [0.2, 0.25) is 15.9 Å². The van der Waals surface area contributed by atoms with E-state index in [4.69, 9.17) is 9.88 Å². The van der Waals surface area contributed by atoms with E-state index in [1.165, 1.54) is 24.3 Å². The lowest BCUT2D eigenvalue weighted by Crippen LogP contribution is -2.11. The van der Waals surface area contributed by atoms with Crippen molar-refractivity contribution in [3.05, 3.63) is 48.5 Å². The van der Waals surface area contributed by atoms with E-state index in [0.29, 0.717) is 23.6 Å². The Bertz CT molecular complexity index is 769. The van der Waals surface area contributed by atoms with Crippen molar-refractivity contribution in [2.45, 2.75) is 24.7 Å². The Morgan fingerprint density at radius 2 is 1.57 bits per heavy atom. The summed E-state index contributed by atoms with van der Waals surface area (Å²) in [5.74, 6) is 1.03. The molecule has 122 valence electrons. The van der Waals surface area contributed by atoms with Crippen LogP contribution in [0.1, 0.15) is 19.8 Å². The lowest BCUT2D eigenvalue weighted by molar-refractivity contribution is -0.116. The van der Waals surface area contributed by atoms with Crippen molar-refractivity contribution in [3.63, 3.8) is 0 Å². The molecular weight excluding hydrogens is 316 g/mol. The number of carbonyl (C=O) groups excluding carboxylic acids is 1. The molecule has 0 fully saturated rings. The predicted molar refractivity (Wildman–Crippen MR) is 87.9 cm³/mol. The van der Waals surface area contributed by atoms with Gasteiger partial charge in [-0.15, -0.1) is 0 Å². The molecule has 2 rings (SSSR count). The minimum atomic E-state index is -3.71. The monoisotopic (exact) mass is 334 g/mol. The number of anilines is 1. The van der Waals surface area contributed by atoms with Gasteiger partial charge in [-0.25, -0.2) is 13.6 Å². The van der Waals surface area contributed by atoms with Gasteiger partial charge in [0.25, 0.3) is 0 Å². The average Bonchev–Trinajstić information content (AvgIpc) is 2.49. The summed E-state index contributed by atoms with van der Waals surface area (Å²) in [5, 5.41) is 7.82. The van der Waals surface area contributed by atoms with Crippen LogP contribution in [0.15, 0.2) is 53.4 Å². The molecule has 0 aromatic heterocycles. The second-order valence-electron chi connectivity index (χ2n) is 4.94. The molecule has 3 N–H and O–H groups in total. The maximum atomic E-state index is 11.5. The van der Waals surface area contributed by atoms with E-state index in [9.17, 15) is 13.2 Å². The van der Waals surface area contributed by atoms with Crippen LogP contribution < -0.4 is 15.2 Å². The minimum Gasteiger partial charge on any atom is -0.457 e. The second kappa shape index (κ2) is 7.26. The van der Waals surface area contributed by atoms with Gasteiger partial charge in [0.05, 0.1) is 4.90 Å². The summed E-state index contributed by atoms with van der Waals surface area (Å²) in [7, 11) is -3.71. The Morgan fingerprint density at radius 3 is 2.04 bits per heavy atom. The number of primary sulfonamides is 1. The fourth-order valence-electron chi connectivity index (χ4n) is 1.89. The van der Waals surface area contributed by atoms with Gasteiger partial charge in [-0.1, -0.05) is 6.92 Å². The van der Waals surface area contributed by atoms with Crippen LogP contribution in [0, 0.1) is 0 Å². The van der Waals surface area contributed by atoms with Gasteiger partial charge in [0.1, 0.15) is 11.5 Å². The number of ether oxygens (including phenoxy) is 1. The number of nitrogens with two attached hydrogens (primary N) is 1. The lowest BCUT2D eigenvalue weighted by Gasteiger charge is -2.08. The first-order chi connectivity index (χ1) is 10.9. The largest absolute Gasteiger partial charge is 0.457 e. The zero-order valence-corrected chi connectivity index (χ0v) is 13.5. The van der Waals surface area contributed by atoms with E-state index in [-0.39, 0.29) is 10.8 Å². The van der Waals surface area contributed by atoms with Crippen LogP contribution in [-0.2, 0) is 14.8 Å². The molecule has 2 aromatic rings. The quantitative estimate of drug-likeness (QED) is 0.848. The van der Waals surface area contributed by atoms with E-state index in [1.807, 2.05) is 6.92 Å². The number of sulfonamides is 1. The molecule has 0 bridgehead atoms. The average molecular weight is 334 g/mol. The topological polar surface area (TPSA) is 98.5 Å². The Labute approximate surface area is 135 Å². The van der Waals surface area contributed by atoms with Crippen LogP contribution in [0.3, 0.4) is 0 Å². The molecule has 0 aliphatic heterocycles. The molecule has 1 amide bonds. The molecule has 0 aliphatic carbocycles. The van der Waals surface area contributed by atoms with Crippen LogP contribution in [0.2, 0.25) is 0 Å². The van der Waals surface area contributed by atoms with Crippen LogP contribution in [0.25, 0.3) is 0 Å². The zero-order valence-electron chi connectivity index (χ0n) is 12.7. The van der Waals surface area contributed by atoms with Crippen molar-refractivity contribution >= 4 is 21.6 Å². The smallest absolute Gasteiger partial charge is 0.238 e. The Hall–Kier alpha value is -2.38. The number of hydrogen-bond acceptors (Lipinski definition) is 4. The summed E-state index contributed by atoms with van der Waals surface area (Å²) >= 11 is 0. The number of amides is 1. The van der Waals surface area contributed by atoms with Crippen molar-refractivity contribution in [2.75, 3.05) is 5.32 Å². The number of nitrogens with one attached hydrogen (secondary N) is 1. The highest BCUT2D eigenvalue weighted by Gasteiger charge is 2.07. The van der Waals surface area contributed by atoms with Gasteiger partial charge in [-0.05, 0) is 55.0 Å². The first kappa shape index (κ1) is 17.0. The van der Waals surface area contributed by atoms with Crippen molar-refractivity contribution in [2.24, 2.45) is 5.14 Å². The number of benzene rings is 2. The van der Waals surface area contributed by atoms with Gasteiger partial charge < -0.3 is 10.1 Å². The van der Waals surface area contributed by atoms with E-state index < -0.39 is 10.0 Å². The van der Waals surface area contributed by atoms with Gasteiger partial charge in [-0.3, -0.25) is 4.79 Å². The maximum Gasteiger partial charge on any atom is 0.238 e. The van der Waals surface area contributed by atoms with Crippen LogP contribution >= 0.6 is 0 Å². The number of rotatable bonds is 6. The molecule has 6 nitrogen and oxygen atoms in total. The van der Waals surface area contributed by atoms with Gasteiger partial charge in [0.15, 0.2) is 0 Å². The third-order valence-corrected chi connectivity index (χ3v) is 3.93. The first-order valence-electron chi connectivity index (χ1n) is 7.09. The normalized spacial score (nSPS) is 11.0. The predicted octanol–water partition coefficient (Wildman–Crippen LogP) is 2.86. The molecule has 0 spiro atoms. The fraction of sp³-hybridized carbons (Fsp3) is 0.188. The highest BCUT2D eigenvalue weighted by molar-refractivity contribution is 7.89. The highest BCUT2D eigenvalue weighted by atomic mass is 32.2. The molecule has 0 heterocycles. The Balaban J connectivity index is 2.02. The van der Waals surface area contributed by atoms with Crippen LogP contribution in [0.5, 0.6) is 11.5 Å². The van der Waals surface area contributed by atoms with Crippen molar-refractivity contribution < 1.29 is 17.9 Å². The van der Waals surface area contributed by atoms with E-state index in [0.717, 1.165) is 6.42 Å². The molecule has 0 saturated carbocycles. The summed E-state index contributed by atoms with van der Waals surface area (Å²) in [6, 6.07) is 12.7. The fourth-order valence-corrected chi connectivity index (χ4v) is 2.41. The molecular formula is C16H18N2O4S. The summed E-state index contributed by atoms with van der Waals surface area (Å²) in [6.45, 7) is 1.94. The number of carbonyl (C=O) groups is 1. The van der Waals surface area contributed by atoms with Crippen molar-refractivity contribution in [1.82, 2.24) is 0 Å². The zero-order chi connectivity index (χ0) is 16.9. The van der Waals surface area contributed by atoms with Gasteiger partial charge in [-0.2, -0.15) is 0 Å².